The van der Waals surface area contributed by atoms with Gasteiger partial charge in [-0.25, -0.2) is 0 Å². The first-order chi connectivity index (χ1) is 18.9. The maximum absolute atomic E-state index is 13.1. The van der Waals surface area contributed by atoms with Crippen LogP contribution in [0.2, 0.25) is 0 Å². The number of nitrogens with one attached hydrogen (secondary N) is 1. The van der Waals surface area contributed by atoms with Crippen molar-refractivity contribution >= 4 is 50.7 Å². The second-order valence-electron chi connectivity index (χ2n) is 8.94. The van der Waals surface area contributed by atoms with Crippen LogP contribution in [0.5, 0.6) is 11.5 Å². The predicted octanol–water partition coefficient (Wildman–Crippen LogP) is 5.43. The van der Waals surface area contributed by atoms with E-state index in [4.69, 9.17) is 18.6 Å². The van der Waals surface area contributed by atoms with Gasteiger partial charge in [-0.2, -0.15) is 0 Å². The zero-order chi connectivity index (χ0) is 27.8. The Hall–Kier alpha value is -3.98. The number of esters is 1. The molecule has 1 amide bonds. The van der Waals surface area contributed by atoms with Gasteiger partial charge in [-0.1, -0.05) is 36.0 Å². The van der Waals surface area contributed by atoms with Crippen molar-refractivity contribution in [3.63, 3.8) is 0 Å². The first kappa shape index (κ1) is 28.0. The van der Waals surface area contributed by atoms with Crippen molar-refractivity contribution in [3.8, 4) is 11.5 Å². The van der Waals surface area contributed by atoms with Crippen LogP contribution >= 0.6 is 11.8 Å². The van der Waals surface area contributed by atoms with Crippen molar-refractivity contribution in [1.82, 2.24) is 5.32 Å². The molecule has 0 spiro atoms. The number of thioether (sulfide) groups is 1. The highest BCUT2D eigenvalue weighted by atomic mass is 32.2. The summed E-state index contributed by atoms with van der Waals surface area (Å²) in [6, 6.07) is 18.8. The zero-order valence-electron chi connectivity index (χ0n) is 22.2. The molecule has 9 heteroatoms. The molecule has 0 aliphatic rings. The number of hydrogen-bond acceptors (Lipinski definition) is 8. The molecule has 4 rings (SSSR count). The Morgan fingerprint density at radius 2 is 1.79 bits per heavy atom. The van der Waals surface area contributed by atoms with E-state index in [1.165, 1.54) is 14.0 Å². The van der Waals surface area contributed by atoms with Crippen LogP contribution in [0.25, 0.3) is 21.9 Å². The summed E-state index contributed by atoms with van der Waals surface area (Å²) in [5.41, 5.74) is 3.14. The summed E-state index contributed by atoms with van der Waals surface area (Å²) >= 11 is 0.959. The smallest absolute Gasteiger partial charge is 0.320 e. The first-order valence-electron chi connectivity index (χ1n) is 12.6. The highest BCUT2D eigenvalue weighted by Crippen LogP contribution is 2.31. The Morgan fingerprint density at radius 1 is 1.00 bits per heavy atom. The van der Waals surface area contributed by atoms with Gasteiger partial charge in [0.25, 0.3) is 0 Å². The maximum atomic E-state index is 13.1. The lowest BCUT2D eigenvalue weighted by molar-refractivity contribution is -0.144. The predicted molar refractivity (Wildman–Crippen MR) is 151 cm³/mol. The number of amides is 1. The molecule has 8 nitrogen and oxygen atoms in total. The van der Waals surface area contributed by atoms with Crippen LogP contribution in [-0.2, 0) is 32.1 Å². The molecule has 0 saturated heterocycles. The minimum atomic E-state index is -0.702. The van der Waals surface area contributed by atoms with E-state index in [2.05, 4.69) is 5.32 Å². The molecule has 204 valence electrons. The molecular weight excluding hydrogens is 518 g/mol. The lowest BCUT2D eigenvalue weighted by Crippen LogP contribution is -2.24. The number of carbonyl (C=O) groups is 3. The van der Waals surface area contributed by atoms with Gasteiger partial charge in [0.15, 0.2) is 5.12 Å². The molecule has 39 heavy (non-hydrogen) atoms. The minimum Gasteiger partial charge on any atom is -0.496 e. The number of benzene rings is 3. The summed E-state index contributed by atoms with van der Waals surface area (Å²) in [4.78, 5) is 36.4. The summed E-state index contributed by atoms with van der Waals surface area (Å²) in [7, 11) is 3.13. The quantitative estimate of drug-likeness (QED) is 0.184. The van der Waals surface area contributed by atoms with E-state index in [1.54, 1.807) is 25.2 Å². The monoisotopic (exact) mass is 549 g/mol. The molecule has 1 heterocycles. The Labute approximate surface area is 231 Å². The Balaban J connectivity index is 1.41. The van der Waals surface area contributed by atoms with Gasteiger partial charge in [0.1, 0.15) is 34.5 Å². The van der Waals surface area contributed by atoms with E-state index in [0.717, 1.165) is 39.3 Å². The second kappa shape index (κ2) is 13.2. The van der Waals surface area contributed by atoms with Gasteiger partial charge in [-0.3, -0.25) is 14.4 Å². The summed E-state index contributed by atoms with van der Waals surface area (Å²) in [5.74, 6) is 0.583. The van der Waals surface area contributed by atoms with Gasteiger partial charge in [-0.15, -0.1) is 0 Å². The third-order valence-corrected chi connectivity index (χ3v) is 7.13. The number of rotatable bonds is 12. The molecular formula is C30H31NO7S. The average molecular weight is 550 g/mol. The van der Waals surface area contributed by atoms with Crippen molar-refractivity contribution in [2.24, 2.45) is 0 Å². The molecule has 1 atom stereocenters. The van der Waals surface area contributed by atoms with Crippen molar-refractivity contribution < 1.29 is 33.0 Å². The van der Waals surface area contributed by atoms with E-state index in [0.29, 0.717) is 42.9 Å². The molecule has 1 unspecified atom stereocenters. The number of carbonyl (C=O) groups excluding carboxylic acids is 3. The highest BCUT2D eigenvalue weighted by Gasteiger charge is 2.24. The zero-order valence-corrected chi connectivity index (χ0v) is 23.0. The highest BCUT2D eigenvalue weighted by molar-refractivity contribution is 8.14. The van der Waals surface area contributed by atoms with Crippen LogP contribution in [0.15, 0.2) is 65.1 Å². The topological polar surface area (TPSA) is 104 Å². The van der Waals surface area contributed by atoms with Crippen LogP contribution in [-0.4, -0.2) is 43.0 Å². The lowest BCUT2D eigenvalue weighted by Gasteiger charge is -2.16. The van der Waals surface area contributed by atoms with Gasteiger partial charge in [-0.05, 0) is 48.7 Å². The largest absolute Gasteiger partial charge is 0.496 e. The van der Waals surface area contributed by atoms with E-state index in [9.17, 15) is 14.4 Å². The van der Waals surface area contributed by atoms with Crippen molar-refractivity contribution in [2.75, 3.05) is 20.8 Å². The number of furan rings is 1. The van der Waals surface area contributed by atoms with E-state index >= 15 is 0 Å². The molecule has 3 aromatic carbocycles. The van der Waals surface area contributed by atoms with Crippen LogP contribution in [0.4, 0.5) is 0 Å². The summed E-state index contributed by atoms with van der Waals surface area (Å²) in [5, 5.41) is 3.67. The summed E-state index contributed by atoms with van der Waals surface area (Å²) < 4.78 is 22.7. The number of fused-ring (bicyclic) bond motifs is 3. The van der Waals surface area contributed by atoms with Gasteiger partial charge >= 0.3 is 5.97 Å². The molecule has 0 radical (unpaired) electrons. The fraction of sp³-hybridized carbons (Fsp3) is 0.300. The Kier molecular flexibility index (Phi) is 9.49. The van der Waals surface area contributed by atoms with E-state index in [1.807, 2.05) is 42.5 Å². The van der Waals surface area contributed by atoms with Gasteiger partial charge in [0.2, 0.25) is 5.91 Å². The van der Waals surface area contributed by atoms with Crippen molar-refractivity contribution in [2.45, 2.75) is 38.0 Å². The van der Waals surface area contributed by atoms with Gasteiger partial charge in [0, 0.05) is 42.8 Å². The van der Waals surface area contributed by atoms with Gasteiger partial charge in [0.05, 0.1) is 13.7 Å². The van der Waals surface area contributed by atoms with Crippen LogP contribution < -0.4 is 14.8 Å². The number of ether oxygens (including phenoxy) is 3. The fourth-order valence-electron chi connectivity index (χ4n) is 4.21. The SMILES string of the molecule is CNC(=O)CCCOc1ccc(COC(=O)C(Cc2ccc3oc4ccccc4c3c2)SC(C)=O)c(OC)c1. The molecule has 0 bridgehead atoms. The van der Waals surface area contributed by atoms with Crippen LogP contribution in [0, 0.1) is 0 Å². The Morgan fingerprint density at radius 3 is 2.56 bits per heavy atom. The summed E-state index contributed by atoms with van der Waals surface area (Å²) in [6.07, 6.45) is 1.30. The molecule has 0 aliphatic heterocycles. The van der Waals surface area contributed by atoms with Crippen LogP contribution in [0.1, 0.15) is 30.9 Å². The molecule has 0 fully saturated rings. The minimum absolute atomic E-state index is 0.0146. The number of para-hydroxylation sites is 1. The van der Waals surface area contributed by atoms with E-state index in [-0.39, 0.29) is 17.6 Å². The van der Waals surface area contributed by atoms with E-state index < -0.39 is 11.2 Å². The third kappa shape index (κ3) is 7.32. The van der Waals surface area contributed by atoms with Crippen LogP contribution in [0.3, 0.4) is 0 Å². The third-order valence-electron chi connectivity index (χ3n) is 6.16. The first-order valence-corrected chi connectivity index (χ1v) is 13.5. The number of methoxy groups -OCH3 is 1. The van der Waals surface area contributed by atoms with Crippen molar-refractivity contribution in [1.29, 1.82) is 0 Å². The fourth-order valence-corrected chi connectivity index (χ4v) is 5.05. The summed E-state index contributed by atoms with van der Waals surface area (Å²) in [6.45, 7) is 1.81. The number of hydrogen-bond donors (Lipinski definition) is 1. The second-order valence-corrected chi connectivity index (χ2v) is 10.3. The van der Waals surface area contributed by atoms with Gasteiger partial charge < -0.3 is 23.9 Å². The molecule has 0 saturated carbocycles. The maximum Gasteiger partial charge on any atom is 0.320 e. The molecule has 1 aromatic heterocycles. The normalized spacial score (nSPS) is 11.8. The molecule has 0 aliphatic carbocycles. The average Bonchev–Trinajstić information content (AvgIpc) is 3.31. The van der Waals surface area contributed by atoms with Crippen molar-refractivity contribution in [3.05, 3.63) is 71.8 Å². The molecule has 4 aromatic rings. The lowest BCUT2D eigenvalue weighted by atomic mass is 10.1. The standard InChI is InChI=1S/C30H31NO7S/c1-19(32)39-28(16-20-10-13-26-24(15-20)23-7-4-5-8-25(23)38-26)30(34)37-18-21-11-12-22(17-27(21)35-3)36-14-6-9-29(33)31-2/h4-5,7-8,10-13,15,17,28H,6,9,14,16,18H2,1-3H3,(H,31,33). The molecule has 1 N–H and O–H groups in total. The Bertz CT molecular complexity index is 1480.